The zero-order valence-electron chi connectivity index (χ0n) is 15.1. The number of hydrogen-bond donors (Lipinski definition) is 1. The van der Waals surface area contributed by atoms with E-state index in [-0.39, 0.29) is 41.5 Å². The summed E-state index contributed by atoms with van der Waals surface area (Å²) in [5.74, 6) is -0.278. The lowest BCUT2D eigenvalue weighted by Gasteiger charge is -2.33. The SMILES string of the molecule is Cc1cc2c(cc1S(=O)(=O)CCC(=O)N1CCCC[C@H]1C)OCC(=O)N2. The average molecular weight is 380 g/mol. The molecule has 1 N–H and O–H groups in total. The minimum Gasteiger partial charge on any atom is -0.482 e. The van der Waals surface area contributed by atoms with Crippen molar-refractivity contribution in [3.05, 3.63) is 17.7 Å². The van der Waals surface area contributed by atoms with E-state index < -0.39 is 9.84 Å². The van der Waals surface area contributed by atoms with E-state index >= 15 is 0 Å². The fraction of sp³-hybridized carbons (Fsp3) is 0.556. The quantitative estimate of drug-likeness (QED) is 0.861. The molecule has 142 valence electrons. The van der Waals surface area contributed by atoms with Gasteiger partial charge in [-0.05, 0) is 44.7 Å². The van der Waals surface area contributed by atoms with Gasteiger partial charge in [0.2, 0.25) is 5.91 Å². The van der Waals surface area contributed by atoms with Gasteiger partial charge in [0.05, 0.1) is 16.3 Å². The lowest BCUT2D eigenvalue weighted by atomic mass is 10.0. The van der Waals surface area contributed by atoms with Crippen LogP contribution in [0.1, 0.15) is 38.2 Å². The minimum absolute atomic E-state index is 0.0270. The standard InChI is InChI=1S/C18H24N2O5S/c1-12-9-14-15(25-11-17(21)19-14)10-16(12)26(23,24)8-6-18(22)20-7-4-3-5-13(20)2/h9-10,13H,3-8,11H2,1-2H3,(H,19,21)/t13-/m1/s1. The van der Waals surface area contributed by atoms with E-state index in [0.29, 0.717) is 23.5 Å². The Labute approximate surface area is 153 Å². The molecule has 1 aromatic rings. The molecule has 1 fully saturated rings. The second kappa shape index (κ2) is 7.26. The molecule has 0 aliphatic carbocycles. The maximum Gasteiger partial charge on any atom is 0.262 e. The van der Waals surface area contributed by atoms with Gasteiger partial charge in [-0.1, -0.05) is 0 Å². The summed E-state index contributed by atoms with van der Waals surface area (Å²) in [6.07, 6.45) is 3.01. The Morgan fingerprint density at radius 2 is 2.12 bits per heavy atom. The van der Waals surface area contributed by atoms with Gasteiger partial charge in [0, 0.05) is 25.1 Å². The normalized spacial score (nSPS) is 20.2. The average Bonchev–Trinajstić information content (AvgIpc) is 2.59. The maximum absolute atomic E-state index is 12.8. The zero-order chi connectivity index (χ0) is 18.9. The molecule has 2 amide bonds. The number of carbonyl (C=O) groups excluding carboxylic acids is 2. The number of nitrogens with one attached hydrogen (secondary N) is 1. The first kappa shape index (κ1) is 18.7. The molecule has 8 heteroatoms. The fourth-order valence-electron chi connectivity index (χ4n) is 3.50. The van der Waals surface area contributed by atoms with Crippen molar-refractivity contribution in [1.82, 2.24) is 4.90 Å². The topological polar surface area (TPSA) is 92.8 Å². The summed E-state index contributed by atoms with van der Waals surface area (Å²) in [6.45, 7) is 4.24. The van der Waals surface area contributed by atoms with Crippen molar-refractivity contribution in [3.63, 3.8) is 0 Å². The molecule has 7 nitrogen and oxygen atoms in total. The highest BCUT2D eigenvalue weighted by molar-refractivity contribution is 7.91. The molecule has 0 bridgehead atoms. The van der Waals surface area contributed by atoms with Gasteiger partial charge < -0.3 is 15.0 Å². The van der Waals surface area contributed by atoms with Gasteiger partial charge in [0.25, 0.3) is 5.91 Å². The number of benzene rings is 1. The van der Waals surface area contributed by atoms with E-state index in [1.807, 2.05) is 6.92 Å². The summed E-state index contributed by atoms with van der Waals surface area (Å²) in [5.41, 5.74) is 0.990. The molecule has 1 aromatic carbocycles. The van der Waals surface area contributed by atoms with Crippen LogP contribution >= 0.6 is 0 Å². The lowest BCUT2D eigenvalue weighted by Crippen LogP contribution is -2.42. The van der Waals surface area contributed by atoms with Gasteiger partial charge in [0.1, 0.15) is 5.75 Å². The van der Waals surface area contributed by atoms with E-state index in [1.54, 1.807) is 17.9 Å². The molecule has 0 saturated carbocycles. The maximum atomic E-state index is 12.8. The summed E-state index contributed by atoms with van der Waals surface area (Å²) in [6, 6.07) is 3.20. The van der Waals surface area contributed by atoms with E-state index in [2.05, 4.69) is 5.32 Å². The molecule has 2 heterocycles. The van der Waals surface area contributed by atoms with Crippen LogP contribution < -0.4 is 10.1 Å². The number of piperidine rings is 1. The number of nitrogens with zero attached hydrogens (tertiary/aromatic N) is 1. The van der Waals surface area contributed by atoms with E-state index in [9.17, 15) is 18.0 Å². The number of sulfone groups is 1. The van der Waals surface area contributed by atoms with Crippen LogP contribution in [0.4, 0.5) is 5.69 Å². The minimum atomic E-state index is -3.63. The van der Waals surface area contributed by atoms with Gasteiger partial charge in [-0.2, -0.15) is 0 Å². The van der Waals surface area contributed by atoms with Crippen LogP contribution in [0.15, 0.2) is 17.0 Å². The molecule has 1 saturated heterocycles. The predicted molar refractivity (Wildman–Crippen MR) is 97.0 cm³/mol. The van der Waals surface area contributed by atoms with Crippen LogP contribution in [-0.2, 0) is 19.4 Å². The third-order valence-electron chi connectivity index (χ3n) is 4.95. The fourth-order valence-corrected chi connectivity index (χ4v) is 4.99. The summed E-state index contributed by atoms with van der Waals surface area (Å²) in [7, 11) is -3.63. The molecule has 3 rings (SSSR count). The third-order valence-corrected chi connectivity index (χ3v) is 6.80. The zero-order valence-corrected chi connectivity index (χ0v) is 15.9. The van der Waals surface area contributed by atoms with E-state index in [1.165, 1.54) is 6.07 Å². The van der Waals surface area contributed by atoms with Crippen LogP contribution in [0.5, 0.6) is 5.75 Å². The van der Waals surface area contributed by atoms with Crippen molar-refractivity contribution in [1.29, 1.82) is 0 Å². The number of rotatable bonds is 4. The highest BCUT2D eigenvalue weighted by Crippen LogP contribution is 2.33. The number of aryl methyl sites for hydroxylation is 1. The molecular weight excluding hydrogens is 356 g/mol. The largest absolute Gasteiger partial charge is 0.482 e. The van der Waals surface area contributed by atoms with Crippen LogP contribution in [-0.4, -0.2) is 50.1 Å². The molecule has 2 aliphatic rings. The Hall–Kier alpha value is -2.09. The van der Waals surface area contributed by atoms with Crippen LogP contribution in [0.2, 0.25) is 0 Å². The molecule has 0 unspecified atom stereocenters. The third kappa shape index (κ3) is 3.85. The second-order valence-corrected chi connectivity index (χ2v) is 9.03. The first-order chi connectivity index (χ1) is 12.3. The molecule has 0 aromatic heterocycles. The number of anilines is 1. The van der Waals surface area contributed by atoms with Gasteiger partial charge in [-0.3, -0.25) is 9.59 Å². The summed E-state index contributed by atoms with van der Waals surface area (Å²) < 4.78 is 30.8. The highest BCUT2D eigenvalue weighted by Gasteiger charge is 2.27. The molecule has 1 atom stereocenters. The van der Waals surface area contributed by atoms with E-state index in [0.717, 1.165) is 19.3 Å². The smallest absolute Gasteiger partial charge is 0.262 e. The van der Waals surface area contributed by atoms with E-state index in [4.69, 9.17) is 4.74 Å². The summed E-state index contributed by atoms with van der Waals surface area (Å²) >= 11 is 0. The summed E-state index contributed by atoms with van der Waals surface area (Å²) in [4.78, 5) is 25.7. The van der Waals surface area contributed by atoms with Crippen molar-refractivity contribution >= 4 is 27.3 Å². The lowest BCUT2D eigenvalue weighted by molar-refractivity contribution is -0.134. The first-order valence-corrected chi connectivity index (χ1v) is 10.5. The van der Waals surface area contributed by atoms with Crippen molar-refractivity contribution in [3.8, 4) is 5.75 Å². The predicted octanol–water partition coefficient (Wildman–Crippen LogP) is 1.89. The number of ether oxygens (including phenoxy) is 1. The number of hydrogen-bond acceptors (Lipinski definition) is 5. The Morgan fingerprint density at radius 1 is 1.35 bits per heavy atom. The molecule has 2 aliphatic heterocycles. The van der Waals surface area contributed by atoms with Crippen molar-refractivity contribution in [2.24, 2.45) is 0 Å². The Kier molecular flexibility index (Phi) is 5.22. The van der Waals surface area contributed by atoms with Crippen LogP contribution in [0.3, 0.4) is 0 Å². The molecule has 0 spiro atoms. The monoisotopic (exact) mass is 380 g/mol. The number of amides is 2. The van der Waals surface area contributed by atoms with Crippen molar-refractivity contribution in [2.75, 3.05) is 24.2 Å². The second-order valence-electron chi connectivity index (χ2n) is 6.95. The first-order valence-electron chi connectivity index (χ1n) is 8.87. The molecule has 26 heavy (non-hydrogen) atoms. The van der Waals surface area contributed by atoms with Crippen molar-refractivity contribution < 1.29 is 22.7 Å². The van der Waals surface area contributed by atoms with Gasteiger partial charge in [0.15, 0.2) is 16.4 Å². The molecule has 0 radical (unpaired) electrons. The number of likely N-dealkylation sites (tertiary alicyclic amines) is 1. The van der Waals surface area contributed by atoms with Crippen LogP contribution in [0, 0.1) is 6.92 Å². The number of fused-ring (bicyclic) bond motifs is 1. The Balaban J connectivity index is 1.74. The van der Waals surface area contributed by atoms with Gasteiger partial charge in [-0.25, -0.2) is 8.42 Å². The van der Waals surface area contributed by atoms with Gasteiger partial charge >= 0.3 is 0 Å². The number of carbonyl (C=O) groups is 2. The van der Waals surface area contributed by atoms with Gasteiger partial charge in [-0.15, -0.1) is 0 Å². The van der Waals surface area contributed by atoms with Crippen LogP contribution in [0.25, 0.3) is 0 Å². The highest BCUT2D eigenvalue weighted by atomic mass is 32.2. The Morgan fingerprint density at radius 3 is 2.85 bits per heavy atom. The van der Waals surface area contributed by atoms with Crippen molar-refractivity contribution in [2.45, 2.75) is 50.5 Å². The summed E-state index contributed by atoms with van der Waals surface area (Å²) in [5, 5.41) is 2.66. The molecular formula is C18H24N2O5S. The Bertz CT molecular complexity index is 834.